The third kappa shape index (κ3) is 3.60. The van der Waals surface area contributed by atoms with Crippen LogP contribution in [0.3, 0.4) is 0 Å². The number of nitrogens with zero attached hydrogens (tertiary/aromatic N) is 1. The van der Waals surface area contributed by atoms with Crippen LogP contribution in [-0.2, 0) is 9.53 Å². The van der Waals surface area contributed by atoms with Crippen LogP contribution < -0.4 is 5.32 Å². The highest BCUT2D eigenvalue weighted by Gasteiger charge is 2.53. The topological polar surface area (TPSA) is 58.6 Å². The quantitative estimate of drug-likeness (QED) is 0.624. The SMILES string of the molecule is CCOC(=O)C1CCN(C(=O)c2ccc3c(c2)[C@@H]2[C@H]4CC[C@@H](C4)[C@H]2[C@H](c2ccccc2)N3)CC1. The van der Waals surface area contributed by atoms with E-state index < -0.39 is 0 Å². The molecule has 2 aromatic rings. The van der Waals surface area contributed by atoms with Gasteiger partial charge in [-0.15, -0.1) is 0 Å². The maximum absolute atomic E-state index is 13.4. The first-order chi connectivity index (χ1) is 16.6. The lowest BCUT2D eigenvalue weighted by Gasteiger charge is -2.43. The van der Waals surface area contributed by atoms with Crippen LogP contribution in [0.25, 0.3) is 0 Å². The molecule has 5 nitrogen and oxygen atoms in total. The number of fused-ring (bicyclic) bond motifs is 7. The molecule has 2 aliphatic heterocycles. The van der Waals surface area contributed by atoms with Crippen molar-refractivity contribution in [3.63, 3.8) is 0 Å². The van der Waals surface area contributed by atoms with Crippen LogP contribution in [-0.4, -0.2) is 36.5 Å². The molecule has 2 bridgehead atoms. The van der Waals surface area contributed by atoms with Crippen molar-refractivity contribution in [1.29, 1.82) is 0 Å². The van der Waals surface area contributed by atoms with Crippen molar-refractivity contribution in [2.75, 3.05) is 25.0 Å². The van der Waals surface area contributed by atoms with Crippen molar-refractivity contribution in [3.8, 4) is 0 Å². The van der Waals surface area contributed by atoms with Crippen molar-refractivity contribution in [2.45, 2.75) is 51.0 Å². The summed E-state index contributed by atoms with van der Waals surface area (Å²) in [6.45, 7) is 3.48. The molecule has 3 fully saturated rings. The molecule has 4 aliphatic rings. The van der Waals surface area contributed by atoms with E-state index in [1.165, 1.54) is 36.1 Å². The summed E-state index contributed by atoms with van der Waals surface area (Å²) in [4.78, 5) is 27.4. The number of likely N-dealkylation sites (tertiary alicyclic amines) is 1. The minimum atomic E-state index is -0.121. The molecule has 2 aliphatic carbocycles. The van der Waals surface area contributed by atoms with Gasteiger partial charge in [-0.2, -0.15) is 0 Å². The number of hydrogen-bond donors (Lipinski definition) is 1. The fraction of sp³-hybridized carbons (Fsp3) is 0.517. The second kappa shape index (κ2) is 8.75. The highest BCUT2D eigenvalue weighted by Crippen LogP contribution is 2.63. The number of hydrogen-bond acceptors (Lipinski definition) is 4. The lowest BCUT2D eigenvalue weighted by molar-refractivity contribution is -0.149. The number of carbonyl (C=O) groups is 2. The number of nitrogens with one attached hydrogen (secondary N) is 1. The Labute approximate surface area is 201 Å². The van der Waals surface area contributed by atoms with Gasteiger partial charge in [-0.3, -0.25) is 9.59 Å². The number of amides is 1. The van der Waals surface area contributed by atoms with Gasteiger partial charge in [0.25, 0.3) is 5.91 Å². The Morgan fingerprint density at radius 3 is 2.53 bits per heavy atom. The Kier molecular flexibility index (Phi) is 5.59. The molecular weight excluding hydrogens is 424 g/mol. The zero-order valence-corrected chi connectivity index (χ0v) is 19.9. The van der Waals surface area contributed by atoms with Crippen LogP contribution in [0.15, 0.2) is 48.5 Å². The molecule has 0 aromatic heterocycles. The molecule has 0 unspecified atom stereocenters. The Hall–Kier alpha value is -2.82. The van der Waals surface area contributed by atoms with E-state index in [4.69, 9.17) is 4.74 Å². The van der Waals surface area contributed by atoms with Gasteiger partial charge in [-0.1, -0.05) is 30.3 Å². The van der Waals surface area contributed by atoms with E-state index in [9.17, 15) is 9.59 Å². The summed E-state index contributed by atoms with van der Waals surface area (Å²) in [5.41, 5.74) is 4.70. The molecule has 0 spiro atoms. The molecule has 1 amide bonds. The highest BCUT2D eigenvalue weighted by atomic mass is 16.5. The van der Waals surface area contributed by atoms with Gasteiger partial charge in [0.2, 0.25) is 0 Å². The lowest BCUT2D eigenvalue weighted by Crippen LogP contribution is -2.41. The normalized spacial score (nSPS) is 29.8. The van der Waals surface area contributed by atoms with E-state index in [2.05, 4.69) is 47.8 Å². The maximum Gasteiger partial charge on any atom is 0.309 e. The molecule has 34 heavy (non-hydrogen) atoms. The average Bonchev–Trinajstić information content (AvgIpc) is 3.51. The fourth-order valence-electron chi connectivity index (χ4n) is 7.37. The smallest absolute Gasteiger partial charge is 0.309 e. The predicted octanol–water partition coefficient (Wildman–Crippen LogP) is 5.40. The number of rotatable bonds is 4. The molecule has 5 atom stereocenters. The molecule has 6 rings (SSSR count). The monoisotopic (exact) mass is 458 g/mol. The Morgan fingerprint density at radius 1 is 1.00 bits per heavy atom. The van der Waals surface area contributed by atoms with Gasteiger partial charge in [-0.25, -0.2) is 0 Å². The predicted molar refractivity (Wildman–Crippen MR) is 132 cm³/mol. The first-order valence-electron chi connectivity index (χ1n) is 13.1. The molecule has 0 radical (unpaired) electrons. The summed E-state index contributed by atoms with van der Waals surface area (Å²) in [6.07, 6.45) is 5.33. The average molecular weight is 459 g/mol. The third-order valence-electron chi connectivity index (χ3n) is 8.89. The summed E-state index contributed by atoms with van der Waals surface area (Å²) in [7, 11) is 0. The summed E-state index contributed by atoms with van der Waals surface area (Å²) in [6, 6.07) is 17.5. The molecule has 1 saturated heterocycles. The fourth-order valence-corrected chi connectivity index (χ4v) is 7.37. The Bertz CT molecular complexity index is 1080. The van der Waals surface area contributed by atoms with Gasteiger partial charge >= 0.3 is 5.97 Å². The van der Waals surface area contributed by atoms with E-state index >= 15 is 0 Å². The van der Waals surface area contributed by atoms with Gasteiger partial charge in [0.05, 0.1) is 18.6 Å². The van der Waals surface area contributed by atoms with E-state index in [1.807, 2.05) is 17.9 Å². The highest BCUT2D eigenvalue weighted by molar-refractivity contribution is 5.95. The van der Waals surface area contributed by atoms with Crippen LogP contribution in [0.4, 0.5) is 5.69 Å². The van der Waals surface area contributed by atoms with Crippen LogP contribution in [0.5, 0.6) is 0 Å². The molecule has 1 N–H and O–H groups in total. The zero-order valence-electron chi connectivity index (χ0n) is 19.9. The van der Waals surface area contributed by atoms with Crippen molar-refractivity contribution >= 4 is 17.6 Å². The first kappa shape index (κ1) is 21.7. The first-order valence-corrected chi connectivity index (χ1v) is 13.1. The third-order valence-corrected chi connectivity index (χ3v) is 8.89. The lowest BCUT2D eigenvalue weighted by atomic mass is 9.68. The van der Waals surface area contributed by atoms with Crippen LogP contribution in [0.2, 0.25) is 0 Å². The standard InChI is InChI=1S/C29H34N2O3/c1-2-34-29(33)19-12-14-31(15-13-19)28(32)22-10-11-24-23(17-22)25-20-8-9-21(16-20)26(25)27(30-24)18-6-4-3-5-7-18/h3-7,10-11,17,19-21,25-27,30H,2,8-9,12-16H2,1H3/t20-,21-,25-,26+,27-/m0/s1. The van der Waals surface area contributed by atoms with Crippen LogP contribution in [0.1, 0.15) is 72.5 Å². The van der Waals surface area contributed by atoms with Crippen molar-refractivity contribution in [1.82, 2.24) is 4.90 Å². The van der Waals surface area contributed by atoms with Gasteiger partial charge in [-0.05, 0) is 92.0 Å². The van der Waals surface area contributed by atoms with Crippen molar-refractivity contribution in [2.24, 2.45) is 23.7 Å². The molecule has 2 heterocycles. The number of anilines is 1. The maximum atomic E-state index is 13.4. The van der Waals surface area contributed by atoms with Crippen molar-refractivity contribution < 1.29 is 14.3 Å². The molecule has 178 valence electrons. The summed E-state index contributed by atoms with van der Waals surface area (Å²) >= 11 is 0. The number of piperidine rings is 1. The molecule has 5 heteroatoms. The number of benzene rings is 2. The van der Waals surface area contributed by atoms with Gasteiger partial charge in [0.1, 0.15) is 0 Å². The van der Waals surface area contributed by atoms with Crippen LogP contribution >= 0.6 is 0 Å². The Balaban J connectivity index is 1.24. The van der Waals surface area contributed by atoms with Gasteiger partial charge < -0.3 is 15.0 Å². The second-order valence-corrected chi connectivity index (χ2v) is 10.6. The van der Waals surface area contributed by atoms with Gasteiger partial charge in [0.15, 0.2) is 0 Å². The number of carbonyl (C=O) groups excluding carboxylic acids is 2. The summed E-state index contributed by atoms with van der Waals surface area (Å²) < 4.78 is 5.18. The molecular formula is C29H34N2O3. The van der Waals surface area contributed by atoms with E-state index in [0.29, 0.717) is 50.4 Å². The largest absolute Gasteiger partial charge is 0.466 e. The van der Waals surface area contributed by atoms with E-state index in [1.54, 1.807) is 0 Å². The van der Waals surface area contributed by atoms with Crippen LogP contribution in [0, 0.1) is 23.7 Å². The summed E-state index contributed by atoms with van der Waals surface area (Å²) in [5.74, 6) is 2.51. The number of ether oxygens (including phenoxy) is 1. The number of esters is 1. The minimum Gasteiger partial charge on any atom is -0.466 e. The molecule has 2 saturated carbocycles. The van der Waals surface area contributed by atoms with E-state index in [0.717, 1.165) is 17.4 Å². The second-order valence-electron chi connectivity index (χ2n) is 10.6. The minimum absolute atomic E-state index is 0.0820. The zero-order chi connectivity index (χ0) is 23.2. The summed E-state index contributed by atoms with van der Waals surface area (Å²) in [5, 5.41) is 3.87. The van der Waals surface area contributed by atoms with Crippen molar-refractivity contribution in [3.05, 3.63) is 65.2 Å². The molecule has 2 aromatic carbocycles. The van der Waals surface area contributed by atoms with E-state index in [-0.39, 0.29) is 17.8 Å². The Morgan fingerprint density at radius 2 is 1.76 bits per heavy atom. The van der Waals surface area contributed by atoms with Gasteiger partial charge in [0, 0.05) is 24.3 Å².